The number of nitrogens with zero attached hydrogens (tertiary/aromatic N) is 3. The second kappa shape index (κ2) is 7.72. The van der Waals surface area contributed by atoms with Gasteiger partial charge in [-0.3, -0.25) is 9.59 Å². The van der Waals surface area contributed by atoms with Crippen molar-refractivity contribution in [1.82, 2.24) is 4.90 Å². The Morgan fingerprint density at radius 3 is 2.47 bits per heavy atom. The molecule has 0 spiro atoms. The van der Waals surface area contributed by atoms with E-state index in [0.29, 0.717) is 22.2 Å². The molecule has 0 saturated carbocycles. The van der Waals surface area contributed by atoms with Crippen molar-refractivity contribution in [2.24, 2.45) is 4.99 Å². The monoisotopic (exact) mass is 421 g/mol. The summed E-state index contributed by atoms with van der Waals surface area (Å²) in [5.74, 6) is -0.876. The molecule has 1 saturated heterocycles. The van der Waals surface area contributed by atoms with Crippen LogP contribution < -0.4 is 4.90 Å². The molecule has 0 radical (unpaired) electrons. The number of rotatable bonds is 2. The predicted octanol–water partition coefficient (Wildman–Crippen LogP) is 4.20. The Morgan fingerprint density at radius 1 is 0.967 bits per heavy atom. The molecule has 30 heavy (non-hydrogen) atoms. The van der Waals surface area contributed by atoms with E-state index < -0.39 is 0 Å². The smallest absolute Gasteiger partial charge is 0.287 e. The van der Waals surface area contributed by atoms with Crippen LogP contribution in [0, 0.1) is 5.82 Å². The maximum Gasteiger partial charge on any atom is 0.287 e. The van der Waals surface area contributed by atoms with E-state index in [1.807, 2.05) is 24.3 Å². The number of amides is 2. The van der Waals surface area contributed by atoms with E-state index >= 15 is 0 Å². The van der Waals surface area contributed by atoms with Crippen LogP contribution in [0.4, 0.5) is 10.1 Å². The topological polar surface area (TPSA) is 53.0 Å². The van der Waals surface area contributed by atoms with Crippen LogP contribution in [0.3, 0.4) is 0 Å². The third kappa shape index (κ3) is 3.33. The average Bonchev–Trinajstić information content (AvgIpc) is 3.28. The van der Waals surface area contributed by atoms with Gasteiger partial charge in [0, 0.05) is 18.7 Å². The van der Waals surface area contributed by atoms with Crippen LogP contribution in [0.2, 0.25) is 0 Å². The molecule has 7 heteroatoms. The lowest BCUT2D eigenvalue weighted by Crippen LogP contribution is -2.33. The first-order chi connectivity index (χ1) is 14.6. The number of carbonyl (C=O) groups is 2. The van der Waals surface area contributed by atoms with Gasteiger partial charge in [0.15, 0.2) is 5.17 Å². The van der Waals surface area contributed by atoms with Crippen molar-refractivity contribution in [2.75, 3.05) is 18.0 Å². The molecule has 5 rings (SSSR count). The van der Waals surface area contributed by atoms with Crippen LogP contribution in [0.1, 0.15) is 30.4 Å². The Hall–Kier alpha value is -2.93. The zero-order valence-electron chi connectivity index (χ0n) is 16.3. The van der Waals surface area contributed by atoms with Crippen LogP contribution in [-0.2, 0) is 16.1 Å². The number of amidine groups is 1. The number of hydrogen-bond acceptors (Lipinski definition) is 4. The number of piperidine rings is 1. The van der Waals surface area contributed by atoms with E-state index in [4.69, 9.17) is 0 Å². The van der Waals surface area contributed by atoms with Gasteiger partial charge in [0.25, 0.3) is 11.8 Å². The fraction of sp³-hybridized carbons (Fsp3) is 0.261. The summed E-state index contributed by atoms with van der Waals surface area (Å²) in [7, 11) is 0. The average molecular weight is 421 g/mol. The molecule has 0 aromatic heterocycles. The Morgan fingerprint density at radius 2 is 1.70 bits per heavy atom. The number of hydrogen-bond donors (Lipinski definition) is 0. The van der Waals surface area contributed by atoms with Gasteiger partial charge in [0.05, 0.1) is 22.7 Å². The number of anilines is 1. The molecule has 2 aromatic rings. The zero-order chi connectivity index (χ0) is 20.7. The molecule has 152 valence electrons. The number of fused-ring (bicyclic) bond motifs is 1. The van der Waals surface area contributed by atoms with Crippen LogP contribution in [-0.4, -0.2) is 35.0 Å². The molecular weight excluding hydrogens is 401 g/mol. The van der Waals surface area contributed by atoms with Crippen LogP contribution in [0.15, 0.2) is 58.4 Å². The van der Waals surface area contributed by atoms with Gasteiger partial charge in [-0.15, -0.1) is 0 Å². The first kappa shape index (κ1) is 19.1. The van der Waals surface area contributed by atoms with Crippen molar-refractivity contribution >= 4 is 40.0 Å². The number of likely N-dealkylation sites (tertiary alicyclic amines) is 1. The lowest BCUT2D eigenvalue weighted by Gasteiger charge is -2.27. The second-order valence-corrected chi connectivity index (χ2v) is 8.57. The molecule has 0 aliphatic carbocycles. The molecule has 0 atom stereocenters. The summed E-state index contributed by atoms with van der Waals surface area (Å²) >= 11 is 1.31. The molecule has 2 amide bonds. The molecule has 1 fully saturated rings. The van der Waals surface area contributed by atoms with Crippen molar-refractivity contribution in [3.8, 4) is 0 Å². The van der Waals surface area contributed by atoms with Gasteiger partial charge in [0.1, 0.15) is 5.82 Å². The molecule has 0 unspecified atom stereocenters. The molecule has 0 N–H and O–H groups in total. The molecule has 2 aromatic carbocycles. The summed E-state index contributed by atoms with van der Waals surface area (Å²) in [5.41, 5.74) is 2.74. The van der Waals surface area contributed by atoms with Crippen LogP contribution in [0.25, 0.3) is 5.57 Å². The zero-order valence-corrected chi connectivity index (χ0v) is 17.1. The highest BCUT2D eigenvalue weighted by Crippen LogP contribution is 2.44. The van der Waals surface area contributed by atoms with E-state index in [0.717, 1.165) is 42.7 Å². The number of thioether (sulfide) groups is 1. The van der Waals surface area contributed by atoms with Gasteiger partial charge >= 0.3 is 0 Å². The first-order valence-corrected chi connectivity index (χ1v) is 10.9. The highest BCUT2D eigenvalue weighted by Gasteiger charge is 2.39. The number of halogens is 1. The highest BCUT2D eigenvalue weighted by atomic mass is 32.2. The first-order valence-electron chi connectivity index (χ1n) is 10.1. The quantitative estimate of drug-likeness (QED) is 0.682. The summed E-state index contributed by atoms with van der Waals surface area (Å²) < 4.78 is 13.3. The molecular formula is C23H20FN3O2S. The van der Waals surface area contributed by atoms with E-state index in [-0.39, 0.29) is 17.6 Å². The second-order valence-electron chi connectivity index (χ2n) is 7.59. The third-order valence-corrected chi connectivity index (χ3v) is 6.73. The minimum Gasteiger partial charge on any atom is -0.351 e. The van der Waals surface area contributed by atoms with Crippen molar-refractivity contribution in [3.63, 3.8) is 0 Å². The minimum absolute atomic E-state index is 0.216. The van der Waals surface area contributed by atoms with Gasteiger partial charge in [-0.2, -0.15) is 4.99 Å². The standard InChI is InChI=1S/C23H20FN3O2S/c24-16-10-8-15(9-11-16)14-27-18-7-3-2-6-17(18)19(22(27)29)20-21(28)25-23(30-20)26-12-4-1-5-13-26/h2-3,6-11H,1,4-5,12-14H2/b20-19+. The van der Waals surface area contributed by atoms with Gasteiger partial charge in [0.2, 0.25) is 0 Å². The van der Waals surface area contributed by atoms with Gasteiger partial charge in [-0.1, -0.05) is 30.3 Å². The highest BCUT2D eigenvalue weighted by molar-refractivity contribution is 8.18. The molecule has 0 bridgehead atoms. The Balaban J connectivity index is 1.49. The molecule has 3 aliphatic rings. The van der Waals surface area contributed by atoms with Crippen molar-refractivity contribution < 1.29 is 14.0 Å². The summed E-state index contributed by atoms with van der Waals surface area (Å²) in [5, 5.41) is 0.699. The summed E-state index contributed by atoms with van der Waals surface area (Å²) in [6, 6.07) is 13.6. The van der Waals surface area contributed by atoms with Gasteiger partial charge in [-0.05, 0) is 54.8 Å². The van der Waals surface area contributed by atoms with Gasteiger partial charge in [-0.25, -0.2) is 4.39 Å². The van der Waals surface area contributed by atoms with E-state index in [2.05, 4.69) is 9.89 Å². The Kier molecular flexibility index (Phi) is 4.90. The maximum absolute atomic E-state index is 13.4. The van der Waals surface area contributed by atoms with Crippen molar-refractivity contribution in [3.05, 3.63) is 70.4 Å². The van der Waals surface area contributed by atoms with E-state index in [1.54, 1.807) is 17.0 Å². The lowest BCUT2D eigenvalue weighted by molar-refractivity contribution is -0.115. The summed E-state index contributed by atoms with van der Waals surface area (Å²) in [6.45, 7) is 2.09. The van der Waals surface area contributed by atoms with Gasteiger partial charge < -0.3 is 9.80 Å². The Bertz CT molecular complexity index is 1090. The fourth-order valence-electron chi connectivity index (χ4n) is 4.10. The van der Waals surface area contributed by atoms with E-state index in [9.17, 15) is 14.0 Å². The Labute approximate surface area is 178 Å². The van der Waals surface area contributed by atoms with Crippen LogP contribution in [0.5, 0.6) is 0 Å². The largest absolute Gasteiger partial charge is 0.351 e. The number of aliphatic imine (C=N–C) groups is 1. The third-order valence-electron chi connectivity index (χ3n) is 5.62. The molecule has 3 heterocycles. The number of benzene rings is 2. The van der Waals surface area contributed by atoms with Crippen molar-refractivity contribution in [1.29, 1.82) is 0 Å². The predicted molar refractivity (Wildman–Crippen MR) is 116 cm³/mol. The minimum atomic E-state index is -0.345. The maximum atomic E-state index is 13.4. The summed E-state index contributed by atoms with van der Waals surface area (Å²) in [4.78, 5) is 34.6. The van der Waals surface area contributed by atoms with E-state index in [1.165, 1.54) is 30.3 Å². The normalized spacial score (nSPS) is 21.3. The van der Waals surface area contributed by atoms with Crippen molar-refractivity contribution in [2.45, 2.75) is 25.8 Å². The lowest BCUT2D eigenvalue weighted by atomic mass is 10.1. The number of para-hydroxylation sites is 1. The molecule has 5 nitrogen and oxygen atoms in total. The van der Waals surface area contributed by atoms with Crippen LogP contribution >= 0.6 is 11.8 Å². The number of carbonyl (C=O) groups excluding carboxylic acids is 2. The SMILES string of the molecule is O=C1N=C(N2CCCCC2)S/C1=C1/C(=O)N(Cc2ccc(F)cc2)c2ccccc21. The fourth-order valence-corrected chi connectivity index (χ4v) is 5.16. The molecule has 3 aliphatic heterocycles. The summed E-state index contributed by atoms with van der Waals surface area (Å²) in [6.07, 6.45) is 3.38.